The van der Waals surface area contributed by atoms with Gasteiger partial charge in [0.05, 0.1) is 18.2 Å². The van der Waals surface area contributed by atoms with Gasteiger partial charge in [-0.3, -0.25) is 0 Å². The Kier molecular flexibility index (Phi) is 2.86. The summed E-state index contributed by atoms with van der Waals surface area (Å²) in [5, 5.41) is 0. The van der Waals surface area contributed by atoms with Crippen molar-refractivity contribution in [1.29, 1.82) is 0 Å². The van der Waals surface area contributed by atoms with Crippen molar-refractivity contribution in [1.82, 2.24) is 4.98 Å². The molecular formula is C15H13N5. The van der Waals surface area contributed by atoms with Crippen LogP contribution in [0.15, 0.2) is 41.5 Å². The minimum absolute atomic E-state index is 0.374. The van der Waals surface area contributed by atoms with Crippen molar-refractivity contribution in [2.75, 3.05) is 10.6 Å². The minimum Gasteiger partial charge on any atom is -0.384 e. The maximum absolute atomic E-state index is 6.28. The summed E-state index contributed by atoms with van der Waals surface area (Å²) in [6, 6.07) is 9.33. The molecule has 1 aliphatic heterocycles. The highest BCUT2D eigenvalue weighted by Crippen LogP contribution is 2.33. The van der Waals surface area contributed by atoms with Gasteiger partial charge in [0.25, 0.3) is 0 Å². The molecule has 1 aromatic carbocycles. The molecule has 2 heterocycles. The van der Waals surface area contributed by atoms with E-state index in [-0.39, 0.29) is 6.17 Å². The van der Waals surface area contributed by atoms with E-state index >= 15 is 0 Å². The second-order valence-corrected chi connectivity index (χ2v) is 4.46. The quantitative estimate of drug-likeness (QED) is 0.768. The number of rotatable bonds is 1. The Bertz CT molecular complexity index is 729. The number of benzene rings is 1. The number of aliphatic imine (C=N–C) groups is 1. The lowest BCUT2D eigenvalue weighted by atomic mass is 10.1. The predicted molar refractivity (Wildman–Crippen MR) is 80.6 cm³/mol. The molecule has 0 radical (unpaired) electrons. The van der Waals surface area contributed by atoms with Crippen LogP contribution >= 0.6 is 0 Å². The molecule has 0 bridgehead atoms. The molecule has 4 N–H and O–H groups in total. The maximum Gasteiger partial charge on any atom is 0.123 e. The smallest absolute Gasteiger partial charge is 0.123 e. The zero-order chi connectivity index (χ0) is 14.1. The molecule has 5 nitrogen and oxygen atoms in total. The monoisotopic (exact) mass is 263 g/mol. The van der Waals surface area contributed by atoms with Gasteiger partial charge in [0, 0.05) is 16.8 Å². The Morgan fingerprint density at radius 3 is 2.95 bits per heavy atom. The second kappa shape index (κ2) is 4.68. The summed E-state index contributed by atoms with van der Waals surface area (Å²) in [7, 11) is 0. The summed E-state index contributed by atoms with van der Waals surface area (Å²) in [5.74, 6) is 3.03. The van der Waals surface area contributed by atoms with Gasteiger partial charge in [0.1, 0.15) is 12.0 Å². The van der Waals surface area contributed by atoms with Crippen LogP contribution in [0.1, 0.15) is 17.3 Å². The molecule has 0 spiro atoms. The number of anilines is 2. The molecule has 20 heavy (non-hydrogen) atoms. The fraction of sp³-hybridized carbons (Fsp3) is 0.0667. The van der Waals surface area contributed by atoms with E-state index in [9.17, 15) is 0 Å². The van der Waals surface area contributed by atoms with E-state index in [2.05, 4.69) is 15.9 Å². The number of hydrogen-bond donors (Lipinski definition) is 2. The Labute approximate surface area is 116 Å². The summed E-state index contributed by atoms with van der Waals surface area (Å²) in [4.78, 5) is 10.2. The molecule has 0 aliphatic carbocycles. The van der Waals surface area contributed by atoms with Crippen molar-refractivity contribution in [3.63, 3.8) is 0 Å². The zero-order valence-electron chi connectivity index (χ0n) is 10.7. The lowest BCUT2D eigenvalue weighted by molar-refractivity contribution is 0.748. The number of terminal acetylenes is 1. The van der Waals surface area contributed by atoms with Crippen molar-refractivity contribution < 1.29 is 0 Å². The minimum atomic E-state index is -0.374. The third-order valence-electron chi connectivity index (χ3n) is 3.19. The number of nitrogens with two attached hydrogens (primary N) is 2. The maximum atomic E-state index is 6.28. The number of aromatic nitrogens is 1. The third-order valence-corrected chi connectivity index (χ3v) is 3.19. The van der Waals surface area contributed by atoms with Gasteiger partial charge in [-0.1, -0.05) is 12.0 Å². The van der Waals surface area contributed by atoms with Gasteiger partial charge < -0.3 is 16.4 Å². The number of nitrogen functional groups attached to an aromatic ring is 1. The molecule has 3 rings (SSSR count). The molecule has 0 fully saturated rings. The molecule has 5 heteroatoms. The topological polar surface area (TPSA) is 80.5 Å². The van der Waals surface area contributed by atoms with E-state index in [1.54, 1.807) is 18.6 Å². The lowest BCUT2D eigenvalue weighted by Crippen LogP contribution is -2.35. The standard InChI is InChI=1S/C15H13N5/c1-2-10-4-3-5-11(6-10)20-9-19-13-8-18-14(16)7-12(13)15(20)17/h1,3-9,15H,17H2,(H2,16,18). The molecule has 0 saturated heterocycles. The van der Waals surface area contributed by atoms with Gasteiger partial charge in [0.2, 0.25) is 0 Å². The Balaban J connectivity index is 2.03. The molecule has 0 amide bonds. The van der Waals surface area contributed by atoms with E-state index in [1.165, 1.54) is 0 Å². The Hall–Kier alpha value is -2.84. The van der Waals surface area contributed by atoms with E-state index in [1.807, 2.05) is 29.2 Å². The van der Waals surface area contributed by atoms with Gasteiger partial charge in [-0.15, -0.1) is 6.42 Å². The van der Waals surface area contributed by atoms with Crippen molar-refractivity contribution in [2.45, 2.75) is 6.17 Å². The van der Waals surface area contributed by atoms with Crippen LogP contribution in [0.25, 0.3) is 0 Å². The first-order chi connectivity index (χ1) is 9.69. The highest BCUT2D eigenvalue weighted by molar-refractivity contribution is 5.85. The van der Waals surface area contributed by atoms with Crippen LogP contribution in [-0.4, -0.2) is 11.3 Å². The van der Waals surface area contributed by atoms with Gasteiger partial charge in [0.15, 0.2) is 0 Å². The van der Waals surface area contributed by atoms with E-state index in [0.29, 0.717) is 5.82 Å². The molecule has 2 aromatic rings. The van der Waals surface area contributed by atoms with Crippen LogP contribution in [0.5, 0.6) is 0 Å². The first-order valence-electron chi connectivity index (χ1n) is 6.09. The van der Waals surface area contributed by atoms with Gasteiger partial charge in [-0.2, -0.15) is 0 Å². The van der Waals surface area contributed by atoms with Crippen LogP contribution in [0, 0.1) is 12.3 Å². The Morgan fingerprint density at radius 1 is 1.30 bits per heavy atom. The average Bonchev–Trinajstić information content (AvgIpc) is 2.48. The van der Waals surface area contributed by atoms with Crippen molar-refractivity contribution >= 4 is 23.5 Å². The van der Waals surface area contributed by atoms with E-state index in [0.717, 1.165) is 22.5 Å². The molecule has 98 valence electrons. The summed E-state index contributed by atoms with van der Waals surface area (Å²) < 4.78 is 0. The highest BCUT2D eigenvalue weighted by Gasteiger charge is 2.22. The second-order valence-electron chi connectivity index (χ2n) is 4.46. The van der Waals surface area contributed by atoms with Gasteiger partial charge >= 0.3 is 0 Å². The number of fused-ring (bicyclic) bond motifs is 1. The van der Waals surface area contributed by atoms with Crippen LogP contribution in [0.4, 0.5) is 17.2 Å². The number of nitrogens with zero attached hydrogens (tertiary/aromatic N) is 3. The summed E-state index contributed by atoms with van der Waals surface area (Å²) in [5.41, 5.74) is 15.2. The van der Waals surface area contributed by atoms with Crippen molar-refractivity contribution in [2.24, 2.45) is 10.7 Å². The predicted octanol–water partition coefficient (Wildman–Crippen LogP) is 1.78. The van der Waals surface area contributed by atoms with Crippen molar-refractivity contribution in [3.8, 4) is 12.3 Å². The largest absolute Gasteiger partial charge is 0.384 e. The van der Waals surface area contributed by atoms with Crippen LogP contribution in [0.3, 0.4) is 0 Å². The average molecular weight is 263 g/mol. The summed E-state index contributed by atoms with van der Waals surface area (Å²) in [6.07, 6.45) is 8.35. The number of hydrogen-bond acceptors (Lipinski definition) is 5. The van der Waals surface area contributed by atoms with Gasteiger partial charge in [-0.25, -0.2) is 9.98 Å². The first-order valence-corrected chi connectivity index (χ1v) is 6.09. The summed E-state index contributed by atoms with van der Waals surface area (Å²) in [6.45, 7) is 0. The fourth-order valence-corrected chi connectivity index (χ4v) is 2.16. The summed E-state index contributed by atoms with van der Waals surface area (Å²) >= 11 is 0. The lowest BCUT2D eigenvalue weighted by Gasteiger charge is -2.31. The molecule has 0 saturated carbocycles. The van der Waals surface area contributed by atoms with E-state index < -0.39 is 0 Å². The third kappa shape index (κ3) is 1.98. The van der Waals surface area contributed by atoms with Crippen LogP contribution < -0.4 is 16.4 Å². The van der Waals surface area contributed by atoms with E-state index in [4.69, 9.17) is 17.9 Å². The SMILES string of the molecule is C#Cc1cccc(N2C=Nc3cnc(N)cc3C2N)c1. The molecule has 1 unspecified atom stereocenters. The molecule has 1 aliphatic rings. The highest BCUT2D eigenvalue weighted by atomic mass is 15.3. The van der Waals surface area contributed by atoms with Crippen molar-refractivity contribution in [3.05, 3.63) is 47.7 Å². The first kappa shape index (κ1) is 12.2. The van der Waals surface area contributed by atoms with Crippen LogP contribution in [0.2, 0.25) is 0 Å². The van der Waals surface area contributed by atoms with Crippen LogP contribution in [-0.2, 0) is 0 Å². The normalized spacial score (nSPS) is 16.6. The fourth-order valence-electron chi connectivity index (χ4n) is 2.16. The molecule has 1 atom stereocenters. The Morgan fingerprint density at radius 2 is 2.15 bits per heavy atom. The van der Waals surface area contributed by atoms with Gasteiger partial charge in [-0.05, 0) is 24.3 Å². The zero-order valence-corrected chi connectivity index (χ0v) is 10.7. The molecular weight excluding hydrogens is 250 g/mol. The molecule has 1 aromatic heterocycles. The number of pyridine rings is 1.